The molecule has 0 N–H and O–H groups in total. The number of hydrogen-bond acceptors (Lipinski definition) is 2. The Hall–Kier alpha value is -7.36. The molecule has 3 heteroatoms. The second-order valence-electron chi connectivity index (χ2n) is 14.1. The van der Waals surface area contributed by atoms with E-state index in [0.717, 1.165) is 44.7 Å². The van der Waals surface area contributed by atoms with Crippen molar-refractivity contribution in [1.29, 1.82) is 0 Å². The van der Waals surface area contributed by atoms with Gasteiger partial charge in [0, 0.05) is 50.4 Å². The second kappa shape index (κ2) is 12.6. The highest BCUT2D eigenvalue weighted by molar-refractivity contribution is 6.25. The molecule has 2 heterocycles. The monoisotopic (exact) mass is 702 g/mol. The van der Waals surface area contributed by atoms with Crippen LogP contribution in [0.25, 0.3) is 82.5 Å². The standard InChI is InChI=1S/C52H34N2O/c1-3-13-35(14-4-1)36-25-28-39(29-26-36)53(42-30-31-46-45-21-9-10-24-49(45)55-50(46)34-42)40-18-11-19-41(33-40)54-47-23-12-22-44(37-15-5-2-6-16-37)51(47)52-43-20-8-7-17-38(43)27-32-48(52)54/h1-34H. The van der Waals surface area contributed by atoms with Crippen LogP contribution >= 0.6 is 0 Å². The van der Waals surface area contributed by atoms with Crippen LogP contribution in [0.5, 0.6) is 0 Å². The van der Waals surface area contributed by atoms with Gasteiger partial charge in [0.1, 0.15) is 11.2 Å². The lowest BCUT2D eigenvalue weighted by Crippen LogP contribution is -2.10. The smallest absolute Gasteiger partial charge is 0.137 e. The molecule has 55 heavy (non-hydrogen) atoms. The van der Waals surface area contributed by atoms with E-state index in [2.05, 4.69) is 204 Å². The molecule has 0 amide bonds. The van der Waals surface area contributed by atoms with Crippen molar-refractivity contribution in [2.24, 2.45) is 0 Å². The van der Waals surface area contributed by atoms with Crippen LogP contribution in [0.2, 0.25) is 0 Å². The summed E-state index contributed by atoms with van der Waals surface area (Å²) in [6, 6.07) is 73.9. The molecule has 0 aliphatic heterocycles. The Labute approximate surface area is 318 Å². The first-order valence-corrected chi connectivity index (χ1v) is 18.8. The molecule has 2 aromatic heterocycles. The van der Waals surface area contributed by atoms with Gasteiger partial charge in [0.25, 0.3) is 0 Å². The zero-order chi connectivity index (χ0) is 36.3. The molecule has 0 atom stereocenters. The van der Waals surface area contributed by atoms with Crippen LogP contribution in [0.1, 0.15) is 0 Å². The molecule has 0 aliphatic rings. The Kier molecular flexibility index (Phi) is 7.17. The van der Waals surface area contributed by atoms with Gasteiger partial charge in [0.2, 0.25) is 0 Å². The first-order chi connectivity index (χ1) is 27.3. The minimum atomic E-state index is 0.864. The Balaban J connectivity index is 1.14. The molecule has 11 aromatic rings. The van der Waals surface area contributed by atoms with Crippen LogP contribution in [0.15, 0.2) is 211 Å². The predicted octanol–water partition coefficient (Wildman–Crippen LogP) is 14.6. The Bertz CT molecular complexity index is 3190. The molecule has 0 saturated heterocycles. The summed E-state index contributed by atoms with van der Waals surface area (Å²) in [5.74, 6) is 0. The largest absolute Gasteiger partial charge is 0.456 e. The molecular formula is C52H34N2O. The molecule has 0 fully saturated rings. The lowest BCUT2D eigenvalue weighted by Gasteiger charge is -2.26. The summed E-state index contributed by atoms with van der Waals surface area (Å²) in [6.07, 6.45) is 0. The topological polar surface area (TPSA) is 21.3 Å². The van der Waals surface area contributed by atoms with Crippen LogP contribution in [-0.4, -0.2) is 4.57 Å². The van der Waals surface area contributed by atoms with Gasteiger partial charge in [0.15, 0.2) is 0 Å². The van der Waals surface area contributed by atoms with E-state index in [1.807, 2.05) is 12.1 Å². The number of para-hydroxylation sites is 1. The summed E-state index contributed by atoms with van der Waals surface area (Å²) in [7, 11) is 0. The van der Waals surface area contributed by atoms with Crippen LogP contribution in [0.3, 0.4) is 0 Å². The van der Waals surface area contributed by atoms with Gasteiger partial charge in [-0.25, -0.2) is 0 Å². The van der Waals surface area contributed by atoms with E-state index in [1.165, 1.54) is 54.8 Å². The highest BCUT2D eigenvalue weighted by Crippen LogP contribution is 2.44. The summed E-state index contributed by atoms with van der Waals surface area (Å²) in [5, 5.41) is 7.24. The number of anilines is 3. The normalized spacial score (nSPS) is 11.6. The van der Waals surface area contributed by atoms with Crippen LogP contribution in [0.4, 0.5) is 17.1 Å². The third-order valence-corrected chi connectivity index (χ3v) is 11.0. The molecule has 11 rings (SSSR count). The fraction of sp³-hybridized carbons (Fsp3) is 0. The summed E-state index contributed by atoms with van der Waals surface area (Å²) in [5.41, 5.74) is 13.1. The van der Waals surface area contributed by atoms with Crippen molar-refractivity contribution < 1.29 is 4.42 Å². The third-order valence-electron chi connectivity index (χ3n) is 11.0. The lowest BCUT2D eigenvalue weighted by molar-refractivity contribution is 0.669. The first kappa shape index (κ1) is 31.2. The number of furan rings is 1. The highest BCUT2D eigenvalue weighted by Gasteiger charge is 2.21. The number of hydrogen-bond donors (Lipinski definition) is 0. The maximum absolute atomic E-state index is 6.42. The van der Waals surface area contributed by atoms with E-state index in [4.69, 9.17) is 4.42 Å². The maximum Gasteiger partial charge on any atom is 0.137 e. The van der Waals surface area contributed by atoms with Gasteiger partial charge in [-0.3, -0.25) is 0 Å². The zero-order valence-electron chi connectivity index (χ0n) is 29.9. The van der Waals surface area contributed by atoms with E-state index in [0.29, 0.717) is 0 Å². The van der Waals surface area contributed by atoms with Gasteiger partial charge in [-0.2, -0.15) is 0 Å². The van der Waals surface area contributed by atoms with Gasteiger partial charge >= 0.3 is 0 Å². The molecule has 0 unspecified atom stereocenters. The third kappa shape index (κ3) is 5.13. The summed E-state index contributed by atoms with van der Waals surface area (Å²) in [4.78, 5) is 2.34. The average Bonchev–Trinajstić information content (AvgIpc) is 3.81. The Morgan fingerprint density at radius 1 is 0.364 bits per heavy atom. The molecule has 0 spiro atoms. The predicted molar refractivity (Wildman–Crippen MR) is 231 cm³/mol. The number of nitrogens with zero attached hydrogens (tertiary/aromatic N) is 2. The van der Waals surface area contributed by atoms with Crippen molar-refractivity contribution in [2.75, 3.05) is 4.90 Å². The van der Waals surface area contributed by atoms with Gasteiger partial charge in [-0.1, -0.05) is 140 Å². The Morgan fingerprint density at radius 2 is 1.00 bits per heavy atom. The van der Waals surface area contributed by atoms with Gasteiger partial charge in [-0.15, -0.1) is 0 Å². The van der Waals surface area contributed by atoms with Gasteiger partial charge < -0.3 is 13.9 Å². The quantitative estimate of drug-likeness (QED) is 0.172. The lowest BCUT2D eigenvalue weighted by atomic mass is 9.97. The number of benzene rings is 9. The van der Waals surface area contributed by atoms with Crippen molar-refractivity contribution in [3.8, 4) is 27.9 Å². The Morgan fingerprint density at radius 3 is 1.84 bits per heavy atom. The zero-order valence-corrected chi connectivity index (χ0v) is 29.9. The molecule has 9 aromatic carbocycles. The van der Waals surface area contributed by atoms with Crippen molar-refractivity contribution in [2.45, 2.75) is 0 Å². The minimum absolute atomic E-state index is 0.864. The number of fused-ring (bicyclic) bond motifs is 8. The van der Waals surface area contributed by atoms with E-state index >= 15 is 0 Å². The van der Waals surface area contributed by atoms with Crippen molar-refractivity contribution in [1.82, 2.24) is 4.57 Å². The molecule has 0 radical (unpaired) electrons. The van der Waals surface area contributed by atoms with Crippen LogP contribution in [-0.2, 0) is 0 Å². The SMILES string of the molecule is c1ccc(-c2ccc(N(c3cccc(-n4c5cccc(-c6ccccc6)c5c5c6ccccc6ccc54)c3)c3ccc4c(c3)oc3ccccc34)cc2)cc1. The van der Waals surface area contributed by atoms with E-state index in [-0.39, 0.29) is 0 Å². The van der Waals surface area contributed by atoms with Crippen molar-refractivity contribution >= 4 is 71.6 Å². The second-order valence-corrected chi connectivity index (χ2v) is 14.1. The van der Waals surface area contributed by atoms with Crippen molar-refractivity contribution in [3.63, 3.8) is 0 Å². The molecule has 0 bridgehead atoms. The summed E-state index contributed by atoms with van der Waals surface area (Å²) in [6.45, 7) is 0. The molecular weight excluding hydrogens is 669 g/mol. The fourth-order valence-electron chi connectivity index (χ4n) is 8.47. The van der Waals surface area contributed by atoms with Crippen LogP contribution in [0, 0.1) is 0 Å². The maximum atomic E-state index is 6.42. The van der Waals surface area contributed by atoms with Crippen LogP contribution < -0.4 is 4.90 Å². The number of aromatic nitrogens is 1. The van der Waals surface area contributed by atoms with E-state index in [1.54, 1.807) is 0 Å². The fourth-order valence-corrected chi connectivity index (χ4v) is 8.47. The average molecular weight is 703 g/mol. The van der Waals surface area contributed by atoms with Gasteiger partial charge in [-0.05, 0) is 93.7 Å². The summed E-state index contributed by atoms with van der Waals surface area (Å²) >= 11 is 0. The minimum Gasteiger partial charge on any atom is -0.456 e. The molecule has 0 aliphatic carbocycles. The van der Waals surface area contributed by atoms with E-state index in [9.17, 15) is 0 Å². The molecule has 0 saturated carbocycles. The number of rotatable bonds is 6. The molecule has 3 nitrogen and oxygen atoms in total. The highest BCUT2D eigenvalue weighted by atomic mass is 16.3. The molecule has 258 valence electrons. The van der Waals surface area contributed by atoms with Gasteiger partial charge in [0.05, 0.1) is 11.0 Å². The van der Waals surface area contributed by atoms with E-state index < -0.39 is 0 Å². The van der Waals surface area contributed by atoms with Crippen molar-refractivity contribution in [3.05, 3.63) is 206 Å². The summed E-state index contributed by atoms with van der Waals surface area (Å²) < 4.78 is 8.86. The first-order valence-electron chi connectivity index (χ1n) is 18.8.